The molecule has 1 N–H and O–H groups in total. The maximum absolute atomic E-state index is 11.1. The van der Waals surface area contributed by atoms with Crippen molar-refractivity contribution < 1.29 is 4.92 Å². The van der Waals surface area contributed by atoms with Crippen LogP contribution < -0.4 is 10.2 Å². The fourth-order valence-electron chi connectivity index (χ4n) is 2.49. The van der Waals surface area contributed by atoms with E-state index < -0.39 is 0 Å². The highest BCUT2D eigenvalue weighted by atomic mass is 16.6. The highest BCUT2D eigenvalue weighted by molar-refractivity contribution is 5.57. The molecule has 1 aromatic rings. The Kier molecular flexibility index (Phi) is 4.04. The van der Waals surface area contributed by atoms with Crippen molar-refractivity contribution in [1.29, 1.82) is 0 Å². The van der Waals surface area contributed by atoms with E-state index in [9.17, 15) is 10.1 Å². The minimum Gasteiger partial charge on any atom is -0.345 e. The van der Waals surface area contributed by atoms with Crippen LogP contribution in [0.5, 0.6) is 0 Å². The lowest BCUT2D eigenvalue weighted by molar-refractivity contribution is -0.384. The van der Waals surface area contributed by atoms with E-state index in [1.807, 2.05) is 18.7 Å². The van der Waals surface area contributed by atoms with Crippen molar-refractivity contribution in [2.24, 2.45) is 7.05 Å². The van der Waals surface area contributed by atoms with E-state index in [1.165, 1.54) is 17.3 Å². The summed E-state index contributed by atoms with van der Waals surface area (Å²) in [6.45, 7) is 5.86. The van der Waals surface area contributed by atoms with E-state index >= 15 is 0 Å². The largest absolute Gasteiger partial charge is 0.345 e. The number of anilines is 1. The monoisotopic (exact) mass is 267 g/mol. The second-order valence-electron chi connectivity index (χ2n) is 5.31. The Bertz CT molecular complexity index is 451. The number of rotatable bonds is 5. The average Bonchev–Trinajstić information content (AvgIpc) is 2.94. The van der Waals surface area contributed by atoms with E-state index in [0.29, 0.717) is 11.9 Å². The molecule has 1 aliphatic rings. The lowest BCUT2D eigenvalue weighted by atomic mass is 10.2. The number of hydrogen-bond donors (Lipinski definition) is 1. The van der Waals surface area contributed by atoms with Gasteiger partial charge in [-0.05, 0) is 33.2 Å². The predicted octanol–water partition coefficient (Wildman–Crippen LogP) is 1.30. The topological polar surface area (TPSA) is 76.2 Å². The number of aromatic nitrogens is 2. The molecule has 7 heteroatoms. The second kappa shape index (κ2) is 5.56. The molecule has 0 aliphatic carbocycles. The maximum atomic E-state index is 11.1. The molecule has 1 fully saturated rings. The third-order valence-corrected chi connectivity index (χ3v) is 3.46. The summed E-state index contributed by atoms with van der Waals surface area (Å²) in [7, 11) is 1.71. The van der Waals surface area contributed by atoms with Gasteiger partial charge in [-0.3, -0.25) is 14.8 Å². The van der Waals surface area contributed by atoms with E-state index in [4.69, 9.17) is 0 Å². The van der Waals surface area contributed by atoms with Crippen LogP contribution in [0, 0.1) is 10.1 Å². The summed E-state index contributed by atoms with van der Waals surface area (Å²) in [5.41, 5.74) is 0.0780. The van der Waals surface area contributed by atoms with Crippen LogP contribution in [0.3, 0.4) is 0 Å². The van der Waals surface area contributed by atoms with Gasteiger partial charge in [-0.1, -0.05) is 0 Å². The van der Waals surface area contributed by atoms with Crippen molar-refractivity contribution in [2.75, 3.05) is 18.0 Å². The summed E-state index contributed by atoms with van der Waals surface area (Å²) in [4.78, 5) is 12.8. The standard InChI is InChI=1S/C12H21N5O2/c1-9(2)16(7-10-5-4-6-13-10)12-11(17(18)19)8-15(3)14-12/h8-10,13H,4-7H2,1-3H3. The van der Waals surface area contributed by atoms with Gasteiger partial charge < -0.3 is 10.2 Å². The minimum atomic E-state index is -0.361. The van der Waals surface area contributed by atoms with Crippen molar-refractivity contribution in [3.05, 3.63) is 16.3 Å². The van der Waals surface area contributed by atoms with Gasteiger partial charge in [0.25, 0.3) is 0 Å². The highest BCUT2D eigenvalue weighted by Gasteiger charge is 2.28. The number of nitrogens with zero attached hydrogens (tertiary/aromatic N) is 4. The smallest absolute Gasteiger partial charge is 0.330 e. The van der Waals surface area contributed by atoms with Gasteiger partial charge in [0.2, 0.25) is 5.82 Å². The zero-order valence-electron chi connectivity index (χ0n) is 11.7. The van der Waals surface area contributed by atoms with Gasteiger partial charge in [0.05, 0.1) is 4.92 Å². The maximum Gasteiger partial charge on any atom is 0.330 e. The molecule has 7 nitrogen and oxygen atoms in total. The van der Waals surface area contributed by atoms with Gasteiger partial charge in [-0.25, -0.2) is 0 Å². The fourth-order valence-corrected chi connectivity index (χ4v) is 2.49. The van der Waals surface area contributed by atoms with E-state index in [2.05, 4.69) is 10.4 Å². The number of aryl methyl sites for hydroxylation is 1. The molecule has 1 aliphatic heterocycles. The summed E-state index contributed by atoms with van der Waals surface area (Å²) in [6.07, 6.45) is 3.75. The Morgan fingerprint density at radius 3 is 2.95 bits per heavy atom. The molecule has 106 valence electrons. The molecular formula is C12H21N5O2. The molecule has 1 unspecified atom stereocenters. The molecule has 2 heterocycles. The van der Waals surface area contributed by atoms with Crippen molar-refractivity contribution in [2.45, 2.75) is 38.8 Å². The number of hydrogen-bond acceptors (Lipinski definition) is 5. The lowest BCUT2D eigenvalue weighted by Gasteiger charge is -2.28. The Morgan fingerprint density at radius 1 is 1.68 bits per heavy atom. The van der Waals surface area contributed by atoms with Crippen LogP contribution in [-0.4, -0.2) is 39.9 Å². The number of nitro groups is 1. The molecule has 0 amide bonds. The van der Waals surface area contributed by atoms with Gasteiger partial charge in [-0.15, -0.1) is 5.10 Å². The molecular weight excluding hydrogens is 246 g/mol. The van der Waals surface area contributed by atoms with Gasteiger partial charge in [0, 0.05) is 25.7 Å². The first-order chi connectivity index (χ1) is 8.99. The zero-order valence-corrected chi connectivity index (χ0v) is 11.7. The van der Waals surface area contributed by atoms with Crippen molar-refractivity contribution in [1.82, 2.24) is 15.1 Å². The minimum absolute atomic E-state index is 0.0780. The summed E-state index contributed by atoms with van der Waals surface area (Å²) in [6, 6.07) is 0.569. The normalized spacial score (nSPS) is 19.1. The first kappa shape index (κ1) is 13.8. The fraction of sp³-hybridized carbons (Fsp3) is 0.750. The first-order valence-corrected chi connectivity index (χ1v) is 6.67. The Hall–Kier alpha value is -1.63. The van der Waals surface area contributed by atoms with Crippen molar-refractivity contribution in [3.8, 4) is 0 Å². The highest BCUT2D eigenvalue weighted by Crippen LogP contribution is 2.28. The molecule has 0 aromatic carbocycles. The molecule has 0 radical (unpaired) electrons. The van der Waals surface area contributed by atoms with Gasteiger partial charge in [-0.2, -0.15) is 0 Å². The average molecular weight is 267 g/mol. The lowest BCUT2D eigenvalue weighted by Crippen LogP contribution is -2.41. The van der Waals surface area contributed by atoms with Crippen LogP contribution in [0.15, 0.2) is 6.20 Å². The zero-order chi connectivity index (χ0) is 14.0. The molecule has 0 bridgehead atoms. The van der Waals surface area contributed by atoms with E-state index in [1.54, 1.807) is 7.05 Å². The SMILES string of the molecule is CC(C)N(CC1CCCN1)c1nn(C)cc1[N+](=O)[O-]. The van der Waals surface area contributed by atoms with Crippen LogP contribution in [0.4, 0.5) is 11.5 Å². The van der Waals surface area contributed by atoms with Crippen molar-refractivity contribution >= 4 is 11.5 Å². The molecule has 19 heavy (non-hydrogen) atoms. The van der Waals surface area contributed by atoms with E-state index in [0.717, 1.165) is 19.5 Å². The van der Waals surface area contributed by atoms with Crippen LogP contribution in [0.1, 0.15) is 26.7 Å². The Balaban J connectivity index is 2.25. The molecule has 0 spiro atoms. The summed E-state index contributed by atoms with van der Waals surface area (Å²) in [5, 5.41) is 18.8. The Labute approximate surface area is 112 Å². The summed E-state index contributed by atoms with van der Waals surface area (Å²) < 4.78 is 1.50. The van der Waals surface area contributed by atoms with Crippen LogP contribution >= 0.6 is 0 Å². The third-order valence-electron chi connectivity index (χ3n) is 3.46. The Morgan fingerprint density at radius 2 is 2.42 bits per heavy atom. The molecule has 1 atom stereocenters. The second-order valence-corrected chi connectivity index (χ2v) is 5.31. The molecule has 2 rings (SSSR count). The van der Waals surface area contributed by atoms with Gasteiger partial charge in [0.1, 0.15) is 6.20 Å². The quantitative estimate of drug-likeness (QED) is 0.642. The molecule has 0 saturated carbocycles. The predicted molar refractivity (Wildman–Crippen MR) is 73.4 cm³/mol. The molecule has 1 aromatic heterocycles. The first-order valence-electron chi connectivity index (χ1n) is 6.67. The molecule has 1 saturated heterocycles. The van der Waals surface area contributed by atoms with Crippen LogP contribution in [0.25, 0.3) is 0 Å². The van der Waals surface area contributed by atoms with Crippen molar-refractivity contribution in [3.63, 3.8) is 0 Å². The van der Waals surface area contributed by atoms with Gasteiger partial charge >= 0.3 is 5.69 Å². The van der Waals surface area contributed by atoms with Crippen LogP contribution in [-0.2, 0) is 7.05 Å². The summed E-state index contributed by atoms with van der Waals surface area (Å²) >= 11 is 0. The van der Waals surface area contributed by atoms with E-state index in [-0.39, 0.29) is 16.7 Å². The third kappa shape index (κ3) is 3.04. The van der Waals surface area contributed by atoms with Crippen LogP contribution in [0.2, 0.25) is 0 Å². The van der Waals surface area contributed by atoms with Gasteiger partial charge in [0.15, 0.2) is 0 Å². The summed E-state index contributed by atoms with van der Waals surface area (Å²) in [5.74, 6) is 0.469. The number of nitrogens with one attached hydrogen (secondary N) is 1.